The molecule has 114 valence electrons. The summed E-state index contributed by atoms with van der Waals surface area (Å²) in [6.45, 7) is 8.40. The summed E-state index contributed by atoms with van der Waals surface area (Å²) in [5.41, 5.74) is 1.28. The van der Waals surface area contributed by atoms with Crippen LogP contribution in [0.25, 0.3) is 0 Å². The molecule has 1 heterocycles. The summed E-state index contributed by atoms with van der Waals surface area (Å²) < 4.78 is 5.34. The summed E-state index contributed by atoms with van der Waals surface area (Å²) in [7, 11) is 0. The highest BCUT2D eigenvalue weighted by Crippen LogP contribution is 2.21. The second kappa shape index (κ2) is 6.39. The molecule has 0 spiro atoms. The van der Waals surface area contributed by atoms with Crippen LogP contribution in [0.3, 0.4) is 0 Å². The maximum Gasteiger partial charge on any atom is 0.338 e. The molecule has 0 aromatic heterocycles. The van der Waals surface area contributed by atoms with Crippen LogP contribution >= 0.6 is 0 Å². The number of benzene rings is 1. The number of aldehydes is 1. The minimum absolute atomic E-state index is 0.288. The highest BCUT2D eigenvalue weighted by molar-refractivity contribution is 5.89. The molecule has 1 aliphatic rings. The molecule has 0 atom stereocenters. The number of likely N-dealkylation sites (tertiary alicyclic amines) is 1. The Kier molecular flexibility index (Phi) is 4.78. The molecule has 0 N–H and O–H groups in total. The van der Waals surface area contributed by atoms with Crippen LogP contribution in [-0.2, 0) is 16.1 Å². The van der Waals surface area contributed by atoms with Crippen molar-refractivity contribution in [3.05, 3.63) is 35.4 Å². The molecular formula is C17H23NO3. The molecule has 0 amide bonds. The SMILES string of the molecule is CC(C)(C)OC(=O)c1ccc(CN2CC(CC=O)C2)cc1. The van der Waals surface area contributed by atoms with E-state index >= 15 is 0 Å². The molecule has 1 aliphatic heterocycles. The van der Waals surface area contributed by atoms with E-state index in [1.54, 1.807) is 0 Å². The molecule has 4 nitrogen and oxygen atoms in total. The molecule has 1 aromatic rings. The number of ether oxygens (including phenoxy) is 1. The fourth-order valence-electron chi connectivity index (χ4n) is 2.43. The number of carbonyl (C=O) groups is 2. The number of hydrogen-bond acceptors (Lipinski definition) is 4. The Labute approximate surface area is 126 Å². The Morgan fingerprint density at radius 3 is 2.43 bits per heavy atom. The zero-order valence-corrected chi connectivity index (χ0v) is 13.0. The van der Waals surface area contributed by atoms with Crippen molar-refractivity contribution in [3.8, 4) is 0 Å². The third kappa shape index (κ3) is 4.67. The average molecular weight is 289 g/mol. The Bertz CT molecular complexity index is 496. The van der Waals surface area contributed by atoms with Gasteiger partial charge in [-0.1, -0.05) is 12.1 Å². The Morgan fingerprint density at radius 1 is 1.29 bits per heavy atom. The molecule has 0 radical (unpaired) electrons. The fourth-order valence-corrected chi connectivity index (χ4v) is 2.43. The third-order valence-corrected chi connectivity index (χ3v) is 3.46. The van der Waals surface area contributed by atoms with Crippen LogP contribution in [0, 0.1) is 5.92 Å². The smallest absolute Gasteiger partial charge is 0.338 e. The van der Waals surface area contributed by atoms with Gasteiger partial charge in [0.1, 0.15) is 11.9 Å². The lowest BCUT2D eigenvalue weighted by atomic mass is 9.96. The molecule has 0 saturated carbocycles. The van der Waals surface area contributed by atoms with Crippen molar-refractivity contribution in [2.75, 3.05) is 13.1 Å². The predicted molar refractivity (Wildman–Crippen MR) is 81.1 cm³/mol. The van der Waals surface area contributed by atoms with Gasteiger partial charge in [-0.25, -0.2) is 4.79 Å². The minimum Gasteiger partial charge on any atom is -0.456 e. The first-order valence-corrected chi connectivity index (χ1v) is 7.35. The van der Waals surface area contributed by atoms with Crippen LogP contribution in [0.1, 0.15) is 43.1 Å². The van der Waals surface area contributed by atoms with Crippen molar-refractivity contribution < 1.29 is 14.3 Å². The van der Waals surface area contributed by atoms with Gasteiger partial charge in [0.25, 0.3) is 0 Å². The van der Waals surface area contributed by atoms with Crippen molar-refractivity contribution in [3.63, 3.8) is 0 Å². The standard InChI is InChI=1S/C17H23NO3/c1-17(2,3)21-16(20)15-6-4-13(5-7-15)10-18-11-14(12-18)8-9-19/h4-7,9,14H,8,10-12H2,1-3H3. The number of nitrogens with zero attached hydrogens (tertiary/aromatic N) is 1. The van der Waals surface area contributed by atoms with Gasteiger partial charge in [-0.2, -0.15) is 0 Å². The van der Waals surface area contributed by atoms with Crippen LogP contribution in [0.2, 0.25) is 0 Å². The van der Waals surface area contributed by atoms with Gasteiger partial charge in [0.15, 0.2) is 0 Å². The van der Waals surface area contributed by atoms with E-state index in [0.717, 1.165) is 25.9 Å². The summed E-state index contributed by atoms with van der Waals surface area (Å²) in [4.78, 5) is 24.6. The van der Waals surface area contributed by atoms with E-state index in [0.29, 0.717) is 17.9 Å². The first-order valence-electron chi connectivity index (χ1n) is 7.35. The molecule has 0 bridgehead atoms. The maximum absolute atomic E-state index is 11.9. The van der Waals surface area contributed by atoms with Gasteiger partial charge in [0.2, 0.25) is 0 Å². The van der Waals surface area contributed by atoms with Gasteiger partial charge in [-0.05, 0) is 44.4 Å². The molecule has 2 rings (SSSR count). The first-order chi connectivity index (χ1) is 9.87. The first kappa shape index (κ1) is 15.7. The molecule has 1 saturated heterocycles. The van der Waals surface area contributed by atoms with Crippen LogP contribution < -0.4 is 0 Å². The predicted octanol–water partition coefficient (Wildman–Crippen LogP) is 2.66. The zero-order chi connectivity index (χ0) is 15.5. The molecular weight excluding hydrogens is 266 g/mol. The topological polar surface area (TPSA) is 46.6 Å². The fraction of sp³-hybridized carbons (Fsp3) is 0.529. The number of carbonyl (C=O) groups excluding carboxylic acids is 2. The van der Waals surface area contributed by atoms with Crippen LogP contribution in [0.5, 0.6) is 0 Å². The van der Waals surface area contributed by atoms with Gasteiger partial charge in [0.05, 0.1) is 5.56 Å². The molecule has 0 aliphatic carbocycles. The molecule has 1 fully saturated rings. The summed E-state index contributed by atoms with van der Waals surface area (Å²) in [5, 5.41) is 0. The van der Waals surface area contributed by atoms with Crippen molar-refractivity contribution in [2.24, 2.45) is 5.92 Å². The number of rotatable bonds is 5. The van der Waals surface area contributed by atoms with Crippen molar-refractivity contribution >= 4 is 12.3 Å². The minimum atomic E-state index is -0.471. The van der Waals surface area contributed by atoms with Crippen molar-refractivity contribution in [2.45, 2.75) is 39.3 Å². The van der Waals surface area contributed by atoms with Gasteiger partial charge < -0.3 is 9.53 Å². The van der Waals surface area contributed by atoms with E-state index in [4.69, 9.17) is 4.74 Å². The van der Waals surface area contributed by atoms with Gasteiger partial charge in [-0.15, -0.1) is 0 Å². The summed E-state index contributed by atoms with van der Waals surface area (Å²) >= 11 is 0. The lowest BCUT2D eigenvalue weighted by Crippen LogP contribution is -2.45. The molecule has 4 heteroatoms. The zero-order valence-electron chi connectivity index (χ0n) is 13.0. The highest BCUT2D eigenvalue weighted by Gasteiger charge is 2.25. The van der Waals surface area contributed by atoms with Crippen LogP contribution in [-0.4, -0.2) is 35.8 Å². The van der Waals surface area contributed by atoms with E-state index in [1.165, 1.54) is 5.56 Å². The van der Waals surface area contributed by atoms with Gasteiger partial charge >= 0.3 is 5.97 Å². The van der Waals surface area contributed by atoms with E-state index in [-0.39, 0.29) is 5.97 Å². The van der Waals surface area contributed by atoms with Gasteiger partial charge in [0, 0.05) is 26.1 Å². The molecule has 21 heavy (non-hydrogen) atoms. The largest absolute Gasteiger partial charge is 0.456 e. The van der Waals surface area contributed by atoms with Crippen LogP contribution in [0.15, 0.2) is 24.3 Å². The monoisotopic (exact) mass is 289 g/mol. The summed E-state index contributed by atoms with van der Waals surface area (Å²) in [6, 6.07) is 7.55. The Hall–Kier alpha value is -1.68. The second-order valence-electron chi connectivity index (χ2n) is 6.66. The van der Waals surface area contributed by atoms with Crippen molar-refractivity contribution in [1.82, 2.24) is 4.90 Å². The van der Waals surface area contributed by atoms with E-state index < -0.39 is 5.60 Å². The van der Waals surface area contributed by atoms with E-state index in [9.17, 15) is 9.59 Å². The quantitative estimate of drug-likeness (QED) is 0.617. The summed E-state index contributed by atoms with van der Waals surface area (Å²) in [6.07, 6.45) is 1.66. The third-order valence-electron chi connectivity index (χ3n) is 3.46. The lowest BCUT2D eigenvalue weighted by molar-refractivity contribution is -0.109. The normalized spacial score (nSPS) is 16.3. The molecule has 1 aromatic carbocycles. The van der Waals surface area contributed by atoms with Gasteiger partial charge in [-0.3, -0.25) is 4.90 Å². The maximum atomic E-state index is 11.9. The van der Waals surface area contributed by atoms with Crippen molar-refractivity contribution in [1.29, 1.82) is 0 Å². The number of esters is 1. The van der Waals surface area contributed by atoms with Crippen LogP contribution in [0.4, 0.5) is 0 Å². The second-order valence-corrected chi connectivity index (χ2v) is 6.66. The molecule has 0 unspecified atom stereocenters. The lowest BCUT2D eigenvalue weighted by Gasteiger charge is -2.38. The van der Waals surface area contributed by atoms with E-state index in [2.05, 4.69) is 4.90 Å². The average Bonchev–Trinajstić information content (AvgIpc) is 2.35. The Balaban J connectivity index is 1.85. The highest BCUT2D eigenvalue weighted by atomic mass is 16.6. The number of hydrogen-bond donors (Lipinski definition) is 0. The van der Waals surface area contributed by atoms with E-state index in [1.807, 2.05) is 45.0 Å². The summed E-state index contributed by atoms with van der Waals surface area (Å²) in [5.74, 6) is 0.229. The Morgan fingerprint density at radius 2 is 1.90 bits per heavy atom.